The van der Waals surface area contributed by atoms with Gasteiger partial charge in [-0.25, -0.2) is 0 Å². The molecule has 0 radical (unpaired) electrons. The Labute approximate surface area is 96.1 Å². The molecule has 0 unspecified atom stereocenters. The number of benzene rings is 2. The molecule has 3 rings (SSSR count). The first kappa shape index (κ1) is 9.59. The quantitative estimate of drug-likeness (QED) is 0.332. The fraction of sp³-hybridized carbons (Fsp3) is 0.0769. The van der Waals surface area contributed by atoms with E-state index in [0.717, 1.165) is 6.42 Å². The number of hydrogen-bond acceptors (Lipinski definition) is 0. The summed E-state index contributed by atoms with van der Waals surface area (Å²) in [5.74, 6) is 0. The van der Waals surface area contributed by atoms with Crippen LogP contribution in [0.1, 0.15) is 11.1 Å². The second-order valence-electron chi connectivity index (χ2n) is 3.40. The van der Waals surface area contributed by atoms with E-state index < -0.39 is 0 Å². The van der Waals surface area contributed by atoms with Crippen molar-refractivity contribution in [2.24, 2.45) is 0 Å². The van der Waals surface area contributed by atoms with Crippen LogP contribution in [-0.2, 0) is 6.42 Å². The Morgan fingerprint density at radius 2 is 1.71 bits per heavy atom. The molecule has 0 aromatic heterocycles. The molecule has 2 aromatic carbocycles. The van der Waals surface area contributed by atoms with Gasteiger partial charge in [-0.1, -0.05) is 35.4 Å². The molecule has 0 nitrogen and oxygen atoms in total. The van der Waals surface area contributed by atoms with E-state index in [0.29, 0.717) is 0 Å². The van der Waals surface area contributed by atoms with E-state index >= 15 is 0 Å². The van der Waals surface area contributed by atoms with Gasteiger partial charge in [0.1, 0.15) is 0 Å². The van der Waals surface area contributed by atoms with Gasteiger partial charge in [0.15, 0.2) is 0 Å². The molecule has 14 heavy (non-hydrogen) atoms. The molecule has 0 bridgehead atoms. The average molecular weight is 172 g/mol. The molecule has 0 saturated carbocycles. The molecule has 0 aliphatic heterocycles. The van der Waals surface area contributed by atoms with Crippen molar-refractivity contribution in [3.05, 3.63) is 59.7 Å². The first-order valence-corrected chi connectivity index (χ1v) is 4.53. The van der Waals surface area contributed by atoms with Crippen molar-refractivity contribution in [3.8, 4) is 11.1 Å². The summed E-state index contributed by atoms with van der Waals surface area (Å²) in [7, 11) is 0. The van der Waals surface area contributed by atoms with Crippen molar-refractivity contribution in [2.45, 2.75) is 6.42 Å². The van der Waals surface area contributed by atoms with Crippen LogP contribution in [0.25, 0.3) is 11.1 Å². The summed E-state index contributed by atoms with van der Waals surface area (Å²) in [4.78, 5) is 0. The maximum Gasteiger partial charge on any atom is 1.00 e. The summed E-state index contributed by atoms with van der Waals surface area (Å²) in [6.07, 6.45) is 1.05. The SMILES string of the molecule is [Li+].[c-]1cccc2c1Cc1ccccc1-2. The molecule has 0 atom stereocenters. The molecule has 2 aromatic rings. The second kappa shape index (κ2) is 3.65. The Morgan fingerprint density at radius 3 is 2.64 bits per heavy atom. The fourth-order valence-corrected chi connectivity index (χ4v) is 2.00. The van der Waals surface area contributed by atoms with Crippen LogP contribution in [0.5, 0.6) is 0 Å². The van der Waals surface area contributed by atoms with Gasteiger partial charge < -0.3 is 0 Å². The molecule has 0 fully saturated rings. The second-order valence-corrected chi connectivity index (χ2v) is 3.40. The Hall–Kier alpha value is -0.963. The zero-order valence-electron chi connectivity index (χ0n) is 8.25. The van der Waals surface area contributed by atoms with Crippen LogP contribution in [0.15, 0.2) is 42.5 Å². The zero-order valence-corrected chi connectivity index (χ0v) is 8.25. The van der Waals surface area contributed by atoms with Crippen LogP contribution in [-0.4, -0.2) is 0 Å². The largest absolute Gasteiger partial charge is 1.00 e. The summed E-state index contributed by atoms with van der Waals surface area (Å²) in [5.41, 5.74) is 5.51. The van der Waals surface area contributed by atoms with Crippen molar-refractivity contribution >= 4 is 0 Å². The van der Waals surface area contributed by atoms with Gasteiger partial charge in [-0.05, 0) is 6.42 Å². The van der Waals surface area contributed by atoms with Gasteiger partial charge in [0.2, 0.25) is 0 Å². The first-order valence-electron chi connectivity index (χ1n) is 4.53. The summed E-state index contributed by atoms with van der Waals surface area (Å²) in [6.45, 7) is 0. The Morgan fingerprint density at radius 1 is 0.929 bits per heavy atom. The van der Waals surface area contributed by atoms with Crippen LogP contribution in [0.3, 0.4) is 0 Å². The summed E-state index contributed by atoms with van der Waals surface area (Å²) < 4.78 is 0. The van der Waals surface area contributed by atoms with E-state index in [1.807, 2.05) is 6.07 Å². The van der Waals surface area contributed by atoms with Gasteiger partial charge in [0.05, 0.1) is 0 Å². The van der Waals surface area contributed by atoms with Crippen molar-refractivity contribution < 1.29 is 18.9 Å². The molecule has 0 amide bonds. The minimum atomic E-state index is 0. The molecule has 1 aliphatic rings. The Balaban J connectivity index is 0.000000750. The first-order chi connectivity index (χ1) is 6.45. The van der Waals surface area contributed by atoms with Crippen molar-refractivity contribution in [2.75, 3.05) is 0 Å². The van der Waals surface area contributed by atoms with Gasteiger partial charge in [-0.3, -0.25) is 0 Å². The zero-order chi connectivity index (χ0) is 8.67. The molecular formula is C13H9Li. The fourth-order valence-electron chi connectivity index (χ4n) is 2.00. The molecule has 62 valence electrons. The summed E-state index contributed by atoms with van der Waals surface area (Å²) >= 11 is 0. The van der Waals surface area contributed by atoms with Gasteiger partial charge in [-0.15, -0.1) is 5.56 Å². The molecule has 1 aliphatic carbocycles. The average Bonchev–Trinajstić information content (AvgIpc) is 2.56. The topological polar surface area (TPSA) is 0 Å². The van der Waals surface area contributed by atoms with E-state index in [1.165, 1.54) is 22.3 Å². The molecule has 0 spiro atoms. The molecule has 0 heterocycles. The van der Waals surface area contributed by atoms with Crippen molar-refractivity contribution in [3.63, 3.8) is 0 Å². The monoisotopic (exact) mass is 172 g/mol. The van der Waals surface area contributed by atoms with Gasteiger partial charge >= 0.3 is 18.9 Å². The summed E-state index contributed by atoms with van der Waals surface area (Å²) in [6, 6.07) is 18.1. The van der Waals surface area contributed by atoms with Crippen LogP contribution < -0.4 is 18.9 Å². The van der Waals surface area contributed by atoms with E-state index in [4.69, 9.17) is 0 Å². The predicted octanol–water partition coefficient (Wildman–Crippen LogP) is 0.0620. The predicted molar refractivity (Wildman–Crippen MR) is 53.5 cm³/mol. The third kappa shape index (κ3) is 1.32. The summed E-state index contributed by atoms with van der Waals surface area (Å²) in [5, 5.41) is 0. The van der Waals surface area contributed by atoms with Crippen LogP contribution in [0, 0.1) is 6.07 Å². The Kier molecular flexibility index (Phi) is 2.50. The van der Waals surface area contributed by atoms with E-state index in [-0.39, 0.29) is 18.9 Å². The van der Waals surface area contributed by atoms with Crippen LogP contribution in [0.4, 0.5) is 0 Å². The Bertz CT molecular complexity index is 417. The molecule has 0 N–H and O–H groups in total. The smallest absolute Gasteiger partial charge is 0.179 e. The third-order valence-corrected chi connectivity index (χ3v) is 2.62. The standard InChI is InChI=1S/C13H9.Li/c1-3-7-12-10(5-1)9-11-6-2-4-8-13(11)12;/h1-5,7-8H,9H2;/q-1;+1. The molecular weight excluding hydrogens is 163 g/mol. The molecule has 0 saturated heterocycles. The number of hydrogen-bond donors (Lipinski definition) is 0. The van der Waals surface area contributed by atoms with Gasteiger partial charge in [0, 0.05) is 0 Å². The maximum absolute atomic E-state index is 3.30. The normalized spacial score (nSPS) is 11.4. The maximum atomic E-state index is 3.30. The minimum Gasteiger partial charge on any atom is -0.179 e. The van der Waals surface area contributed by atoms with Crippen molar-refractivity contribution in [1.29, 1.82) is 0 Å². The third-order valence-electron chi connectivity index (χ3n) is 2.62. The minimum absolute atomic E-state index is 0. The van der Waals surface area contributed by atoms with Crippen LogP contribution >= 0.6 is 0 Å². The van der Waals surface area contributed by atoms with Gasteiger partial charge in [-0.2, -0.15) is 29.8 Å². The van der Waals surface area contributed by atoms with E-state index in [9.17, 15) is 0 Å². The van der Waals surface area contributed by atoms with Gasteiger partial charge in [0.25, 0.3) is 0 Å². The van der Waals surface area contributed by atoms with Crippen LogP contribution in [0.2, 0.25) is 0 Å². The number of rotatable bonds is 0. The van der Waals surface area contributed by atoms with E-state index in [2.05, 4.69) is 42.5 Å². The van der Waals surface area contributed by atoms with Crippen molar-refractivity contribution in [1.82, 2.24) is 0 Å². The van der Waals surface area contributed by atoms with E-state index in [1.54, 1.807) is 0 Å². The number of fused-ring (bicyclic) bond motifs is 3. The molecule has 1 heteroatoms.